The van der Waals surface area contributed by atoms with Crippen LogP contribution in [0.15, 0.2) is 109 Å². The highest BCUT2D eigenvalue weighted by Gasteiger charge is 2.49. The second kappa shape index (κ2) is 18.3. The van der Waals surface area contributed by atoms with E-state index < -0.39 is 36.0 Å². The van der Waals surface area contributed by atoms with Gasteiger partial charge in [0.2, 0.25) is 5.91 Å². The minimum Gasteiger partial charge on any atom is -0.493 e. The summed E-state index contributed by atoms with van der Waals surface area (Å²) in [7, 11) is 0. The van der Waals surface area contributed by atoms with E-state index in [0.29, 0.717) is 28.9 Å². The van der Waals surface area contributed by atoms with Gasteiger partial charge in [-0.05, 0) is 73.4 Å². The summed E-state index contributed by atoms with van der Waals surface area (Å²) in [4.78, 5) is 63.0. The summed E-state index contributed by atoms with van der Waals surface area (Å²) in [6, 6.07) is 30.7. The molecule has 1 aliphatic heterocycles. The molecule has 1 saturated carbocycles. The number of nitrogens with zero attached hydrogens (tertiary/aromatic N) is 2. The molecule has 4 aromatic carbocycles. The van der Waals surface area contributed by atoms with Crippen molar-refractivity contribution >= 4 is 40.3 Å². The molecule has 0 unspecified atom stereocenters. The number of aromatic nitrogens is 1. The van der Waals surface area contributed by atoms with E-state index in [9.17, 15) is 24.3 Å². The average molecular weight is 770 g/mol. The highest BCUT2D eigenvalue weighted by molar-refractivity contribution is 6.08. The molecule has 1 aromatic heterocycles. The number of rotatable bonds is 13. The summed E-state index contributed by atoms with van der Waals surface area (Å²) >= 11 is 0. The number of aliphatic hydroxyl groups excluding tert-OH is 1. The minimum atomic E-state index is -1.26. The van der Waals surface area contributed by atoms with Crippen molar-refractivity contribution in [3.8, 4) is 16.9 Å². The molecule has 294 valence electrons. The highest BCUT2D eigenvalue weighted by Crippen LogP contribution is 2.43. The maximum atomic E-state index is 14.9. The normalized spacial score (nSPS) is 18.0. The second-order valence-corrected chi connectivity index (χ2v) is 14.4. The van der Waals surface area contributed by atoms with Crippen LogP contribution in [0.2, 0.25) is 0 Å². The van der Waals surface area contributed by atoms with Crippen LogP contribution in [0.1, 0.15) is 84.3 Å². The Balaban J connectivity index is 1.35. The molecular weight excluding hydrogens is 723 g/mol. The second-order valence-electron chi connectivity index (χ2n) is 14.4. The van der Waals surface area contributed by atoms with Crippen molar-refractivity contribution in [3.63, 3.8) is 0 Å². The third-order valence-electron chi connectivity index (χ3n) is 10.7. The van der Waals surface area contributed by atoms with Crippen molar-refractivity contribution in [3.05, 3.63) is 126 Å². The first kappa shape index (κ1) is 39.2. The first-order valence-electron chi connectivity index (χ1n) is 19.7. The lowest BCUT2D eigenvalue weighted by Crippen LogP contribution is -2.59. The maximum absolute atomic E-state index is 14.9. The molecule has 2 N–H and O–H groups in total. The molecule has 0 radical (unpaired) electrons. The molecular formula is C46H47N3O8. The molecule has 1 aliphatic carbocycles. The van der Waals surface area contributed by atoms with Gasteiger partial charge in [0.15, 0.2) is 0 Å². The third-order valence-corrected chi connectivity index (χ3v) is 10.7. The molecule has 0 saturated heterocycles. The number of carbonyl (C=O) groups excluding carboxylic acids is 4. The first-order valence-corrected chi connectivity index (χ1v) is 19.7. The van der Waals surface area contributed by atoms with Crippen LogP contribution in [0.4, 0.5) is 5.69 Å². The Kier molecular flexibility index (Phi) is 12.5. The summed E-state index contributed by atoms with van der Waals surface area (Å²) in [5.41, 5.74) is 3.72. The Hall–Kier alpha value is -6.07. The Morgan fingerprint density at radius 2 is 1.58 bits per heavy atom. The SMILES string of the molecule is CCOC(=O)C[C@H]1[C@H](OC(=O)c2ccc(-c3ccccc3)cc2)[C@@H](NC(=O)C2CCCCC2)c2cc(OCCCO)ccc2N1C(=O)c1ccc2ccccc2n1. The molecule has 2 aliphatic rings. The highest BCUT2D eigenvalue weighted by atomic mass is 16.5. The van der Waals surface area contributed by atoms with Crippen molar-refractivity contribution in [2.75, 3.05) is 24.7 Å². The summed E-state index contributed by atoms with van der Waals surface area (Å²) in [5.74, 6) is -1.85. The van der Waals surface area contributed by atoms with E-state index in [1.165, 1.54) is 4.90 Å². The Morgan fingerprint density at radius 3 is 2.33 bits per heavy atom. The lowest BCUT2D eigenvalue weighted by atomic mass is 9.84. The van der Waals surface area contributed by atoms with Crippen LogP contribution in [0.25, 0.3) is 22.0 Å². The monoisotopic (exact) mass is 769 g/mol. The van der Waals surface area contributed by atoms with Gasteiger partial charge in [-0.2, -0.15) is 0 Å². The number of amides is 2. The predicted molar refractivity (Wildman–Crippen MR) is 216 cm³/mol. The number of nitrogens with one attached hydrogen (secondary N) is 1. The molecule has 1 fully saturated rings. The number of ether oxygens (including phenoxy) is 3. The van der Waals surface area contributed by atoms with E-state index in [1.54, 1.807) is 43.3 Å². The Morgan fingerprint density at radius 1 is 0.842 bits per heavy atom. The zero-order valence-electron chi connectivity index (χ0n) is 32.0. The van der Waals surface area contributed by atoms with Gasteiger partial charge in [0.25, 0.3) is 5.91 Å². The lowest BCUT2D eigenvalue weighted by molar-refractivity contribution is -0.144. The van der Waals surface area contributed by atoms with Crippen LogP contribution in [-0.2, 0) is 19.1 Å². The fourth-order valence-electron chi connectivity index (χ4n) is 7.80. The zero-order valence-corrected chi connectivity index (χ0v) is 32.0. The van der Waals surface area contributed by atoms with Gasteiger partial charge in [-0.15, -0.1) is 0 Å². The molecule has 7 rings (SSSR count). The molecule has 0 spiro atoms. The van der Waals surface area contributed by atoms with Crippen molar-refractivity contribution < 1.29 is 38.5 Å². The Bertz CT molecular complexity index is 2200. The number of para-hydroxylation sites is 1. The van der Waals surface area contributed by atoms with Crippen LogP contribution in [-0.4, -0.2) is 65.8 Å². The number of esters is 2. The third kappa shape index (κ3) is 8.99. The van der Waals surface area contributed by atoms with Crippen LogP contribution >= 0.6 is 0 Å². The van der Waals surface area contributed by atoms with E-state index >= 15 is 0 Å². The molecule has 5 aromatic rings. The quantitative estimate of drug-likeness (QED) is 0.0914. The van der Waals surface area contributed by atoms with Crippen molar-refractivity contribution in [2.24, 2.45) is 5.92 Å². The number of benzene rings is 4. The van der Waals surface area contributed by atoms with Gasteiger partial charge in [-0.3, -0.25) is 19.3 Å². The van der Waals surface area contributed by atoms with E-state index in [1.807, 2.05) is 72.8 Å². The van der Waals surface area contributed by atoms with E-state index in [0.717, 1.165) is 48.6 Å². The van der Waals surface area contributed by atoms with Gasteiger partial charge in [-0.25, -0.2) is 9.78 Å². The van der Waals surface area contributed by atoms with Crippen molar-refractivity contribution in [1.82, 2.24) is 10.3 Å². The van der Waals surface area contributed by atoms with Gasteiger partial charge < -0.3 is 24.6 Å². The van der Waals surface area contributed by atoms with Crippen molar-refractivity contribution in [1.29, 1.82) is 0 Å². The van der Waals surface area contributed by atoms with Crippen LogP contribution in [0.5, 0.6) is 5.75 Å². The maximum Gasteiger partial charge on any atom is 0.338 e. The number of pyridine rings is 1. The number of hydrogen-bond acceptors (Lipinski definition) is 9. The topological polar surface area (TPSA) is 144 Å². The number of fused-ring (bicyclic) bond motifs is 2. The number of carbonyl (C=O) groups is 4. The average Bonchev–Trinajstić information content (AvgIpc) is 3.25. The zero-order chi connectivity index (χ0) is 39.7. The van der Waals surface area contributed by atoms with Gasteiger partial charge in [0.05, 0.1) is 48.5 Å². The van der Waals surface area contributed by atoms with Gasteiger partial charge >= 0.3 is 11.9 Å². The predicted octanol–water partition coefficient (Wildman–Crippen LogP) is 7.61. The standard InChI is InChI=1S/C46H47N3O8/c1-2-55-41(51)29-40-43(57-46(54)34-20-18-31(19-21-34)30-12-5-3-6-13-30)42(48-44(52)33-15-7-4-8-16-33)36-28-35(56-27-11-26-50)23-25-39(36)49(40)45(53)38-24-22-32-14-9-10-17-37(32)47-38/h3,5-6,9-10,12-14,17-25,28,33,40,42-43,50H,2,4,7-8,11,15-16,26-27,29H2,1H3,(H,48,52)/t40-,42-,43-/m0/s1. The van der Waals surface area contributed by atoms with Crippen LogP contribution in [0.3, 0.4) is 0 Å². The molecule has 3 atom stereocenters. The smallest absolute Gasteiger partial charge is 0.338 e. The molecule has 11 heteroatoms. The van der Waals surface area contributed by atoms with E-state index in [-0.39, 0.29) is 49.3 Å². The van der Waals surface area contributed by atoms with Gasteiger partial charge in [-0.1, -0.05) is 86.0 Å². The largest absolute Gasteiger partial charge is 0.493 e. The van der Waals surface area contributed by atoms with Crippen molar-refractivity contribution in [2.45, 2.75) is 70.1 Å². The molecule has 57 heavy (non-hydrogen) atoms. The molecule has 2 heterocycles. The van der Waals surface area contributed by atoms with E-state index in [2.05, 4.69) is 5.32 Å². The number of hydrogen-bond donors (Lipinski definition) is 2. The Labute approximate surface area is 332 Å². The number of aliphatic hydroxyl groups is 1. The minimum absolute atomic E-state index is 0.0635. The summed E-state index contributed by atoms with van der Waals surface area (Å²) in [6.07, 6.45) is 3.13. The fraction of sp³-hybridized carbons (Fsp3) is 0.326. The van der Waals surface area contributed by atoms with Crippen LogP contribution in [0, 0.1) is 5.92 Å². The number of anilines is 1. The van der Waals surface area contributed by atoms with Gasteiger partial charge in [0, 0.05) is 29.9 Å². The fourth-order valence-corrected chi connectivity index (χ4v) is 7.80. The molecule has 2 amide bonds. The summed E-state index contributed by atoms with van der Waals surface area (Å²) in [6.45, 7) is 1.95. The first-order chi connectivity index (χ1) is 27.8. The van der Waals surface area contributed by atoms with E-state index in [4.69, 9.17) is 19.2 Å². The molecule has 0 bridgehead atoms. The lowest BCUT2D eigenvalue weighted by Gasteiger charge is -2.45. The molecule has 11 nitrogen and oxygen atoms in total. The van der Waals surface area contributed by atoms with Gasteiger partial charge in [0.1, 0.15) is 17.5 Å². The van der Waals surface area contributed by atoms with Crippen LogP contribution < -0.4 is 15.0 Å². The summed E-state index contributed by atoms with van der Waals surface area (Å²) < 4.78 is 17.9. The summed E-state index contributed by atoms with van der Waals surface area (Å²) in [5, 5.41) is 13.5.